The van der Waals surface area contributed by atoms with Crippen molar-refractivity contribution in [2.75, 3.05) is 13.1 Å². The second-order valence-corrected chi connectivity index (χ2v) is 6.55. The molecule has 1 saturated heterocycles. The standard InChI is InChI=1S/C17H21N5O/c23-17(13-4-2-1-3-5-13)14-8-10-21(11-9-14)12-16-18-19-20-22(16)15-6-7-15/h1-5,14-15H,6-12H2. The van der Waals surface area contributed by atoms with Crippen LogP contribution in [0, 0.1) is 5.92 Å². The van der Waals surface area contributed by atoms with Crippen LogP contribution in [0.4, 0.5) is 0 Å². The molecule has 0 bridgehead atoms. The van der Waals surface area contributed by atoms with Crippen LogP contribution in [-0.2, 0) is 6.54 Å². The van der Waals surface area contributed by atoms with Crippen LogP contribution in [0.1, 0.15) is 47.9 Å². The van der Waals surface area contributed by atoms with Crippen LogP contribution in [0.5, 0.6) is 0 Å². The van der Waals surface area contributed by atoms with Gasteiger partial charge < -0.3 is 0 Å². The van der Waals surface area contributed by atoms with Gasteiger partial charge in [0.1, 0.15) is 0 Å². The van der Waals surface area contributed by atoms with Gasteiger partial charge in [0.2, 0.25) is 0 Å². The zero-order valence-corrected chi connectivity index (χ0v) is 13.1. The van der Waals surface area contributed by atoms with E-state index in [9.17, 15) is 4.79 Å². The monoisotopic (exact) mass is 311 g/mol. The molecule has 6 nitrogen and oxygen atoms in total. The third-order valence-corrected chi connectivity index (χ3v) is 4.84. The number of Topliss-reactive ketones (excluding diaryl/α,β-unsaturated/α-hetero) is 1. The predicted molar refractivity (Wildman–Crippen MR) is 84.9 cm³/mol. The van der Waals surface area contributed by atoms with E-state index in [-0.39, 0.29) is 11.7 Å². The second kappa shape index (κ2) is 6.20. The molecule has 23 heavy (non-hydrogen) atoms. The lowest BCUT2D eigenvalue weighted by Gasteiger charge is -2.30. The van der Waals surface area contributed by atoms with Gasteiger partial charge in [-0.25, -0.2) is 4.68 Å². The highest BCUT2D eigenvalue weighted by atomic mass is 16.1. The highest BCUT2D eigenvalue weighted by Gasteiger charge is 2.30. The number of tetrazole rings is 1. The molecule has 0 amide bonds. The molecule has 1 saturated carbocycles. The van der Waals surface area contributed by atoms with Crippen molar-refractivity contribution in [2.45, 2.75) is 38.3 Å². The lowest BCUT2D eigenvalue weighted by Crippen LogP contribution is -2.36. The van der Waals surface area contributed by atoms with E-state index in [1.165, 1.54) is 12.8 Å². The van der Waals surface area contributed by atoms with Crippen molar-refractivity contribution in [3.8, 4) is 0 Å². The number of hydrogen-bond donors (Lipinski definition) is 0. The van der Waals surface area contributed by atoms with E-state index in [0.29, 0.717) is 6.04 Å². The van der Waals surface area contributed by atoms with Gasteiger partial charge in [0.05, 0.1) is 12.6 Å². The number of ketones is 1. The first-order valence-corrected chi connectivity index (χ1v) is 8.39. The van der Waals surface area contributed by atoms with E-state index in [0.717, 1.165) is 43.9 Å². The molecule has 2 fully saturated rings. The fraction of sp³-hybridized carbons (Fsp3) is 0.529. The molecule has 2 aromatic rings. The number of nitrogens with zero attached hydrogens (tertiary/aromatic N) is 5. The van der Waals surface area contributed by atoms with Crippen LogP contribution in [0.25, 0.3) is 0 Å². The molecule has 0 radical (unpaired) electrons. The van der Waals surface area contributed by atoms with Crippen molar-refractivity contribution in [2.24, 2.45) is 5.92 Å². The summed E-state index contributed by atoms with van der Waals surface area (Å²) in [5.41, 5.74) is 0.837. The van der Waals surface area contributed by atoms with Crippen molar-refractivity contribution < 1.29 is 4.79 Å². The molecular formula is C17H21N5O. The van der Waals surface area contributed by atoms with E-state index in [1.807, 2.05) is 35.0 Å². The Bertz CT molecular complexity index is 671. The first kappa shape index (κ1) is 14.5. The maximum atomic E-state index is 12.5. The van der Waals surface area contributed by atoms with Gasteiger partial charge in [0.15, 0.2) is 11.6 Å². The first-order valence-electron chi connectivity index (χ1n) is 8.39. The van der Waals surface area contributed by atoms with E-state index < -0.39 is 0 Å². The minimum absolute atomic E-state index is 0.146. The van der Waals surface area contributed by atoms with Crippen molar-refractivity contribution in [1.29, 1.82) is 0 Å². The Morgan fingerprint density at radius 2 is 1.83 bits per heavy atom. The van der Waals surface area contributed by atoms with E-state index >= 15 is 0 Å². The Labute approximate surface area is 135 Å². The zero-order chi connectivity index (χ0) is 15.6. The van der Waals surface area contributed by atoms with Crippen molar-refractivity contribution in [3.05, 3.63) is 41.7 Å². The number of hydrogen-bond acceptors (Lipinski definition) is 5. The molecule has 4 rings (SSSR count). The number of piperidine rings is 1. The van der Waals surface area contributed by atoms with Gasteiger partial charge in [-0.15, -0.1) is 5.10 Å². The summed E-state index contributed by atoms with van der Waals surface area (Å²) < 4.78 is 1.97. The summed E-state index contributed by atoms with van der Waals surface area (Å²) >= 11 is 0. The molecule has 1 aliphatic carbocycles. The summed E-state index contributed by atoms with van der Waals surface area (Å²) in [6.45, 7) is 2.65. The third-order valence-electron chi connectivity index (χ3n) is 4.84. The number of likely N-dealkylation sites (tertiary alicyclic amines) is 1. The molecule has 1 aliphatic heterocycles. The molecule has 120 valence electrons. The van der Waals surface area contributed by atoms with Crippen LogP contribution < -0.4 is 0 Å². The SMILES string of the molecule is O=C(c1ccccc1)C1CCN(Cc2nnnn2C2CC2)CC1. The van der Waals surface area contributed by atoms with Gasteiger partial charge in [-0.1, -0.05) is 30.3 Å². The topological polar surface area (TPSA) is 63.9 Å². The first-order chi connectivity index (χ1) is 11.3. The Hall–Kier alpha value is -2.08. The Balaban J connectivity index is 1.34. The zero-order valence-electron chi connectivity index (χ0n) is 13.1. The fourth-order valence-electron chi connectivity index (χ4n) is 3.31. The van der Waals surface area contributed by atoms with Crippen LogP contribution in [0.3, 0.4) is 0 Å². The van der Waals surface area contributed by atoms with Gasteiger partial charge >= 0.3 is 0 Å². The average Bonchev–Trinajstić information content (AvgIpc) is 3.35. The highest BCUT2D eigenvalue weighted by Crippen LogP contribution is 2.34. The molecule has 0 N–H and O–H groups in total. The Morgan fingerprint density at radius 3 is 2.52 bits per heavy atom. The van der Waals surface area contributed by atoms with Crippen LogP contribution in [0.2, 0.25) is 0 Å². The van der Waals surface area contributed by atoms with Gasteiger partial charge in [0.25, 0.3) is 0 Å². The van der Waals surface area contributed by atoms with Gasteiger partial charge in [-0.2, -0.15) is 0 Å². The highest BCUT2D eigenvalue weighted by molar-refractivity contribution is 5.97. The quantitative estimate of drug-likeness (QED) is 0.791. The second-order valence-electron chi connectivity index (χ2n) is 6.55. The summed E-state index contributed by atoms with van der Waals surface area (Å²) in [5, 5.41) is 12.1. The number of aromatic nitrogens is 4. The molecule has 6 heteroatoms. The van der Waals surface area contributed by atoms with Crippen LogP contribution >= 0.6 is 0 Å². The Kier molecular flexibility index (Phi) is 3.91. The lowest BCUT2D eigenvalue weighted by molar-refractivity contribution is 0.0831. The van der Waals surface area contributed by atoms with E-state index in [4.69, 9.17) is 0 Å². The minimum Gasteiger partial charge on any atom is -0.296 e. The van der Waals surface area contributed by atoms with Gasteiger partial charge in [-0.3, -0.25) is 9.69 Å². The van der Waals surface area contributed by atoms with Gasteiger partial charge in [-0.05, 0) is 49.2 Å². The summed E-state index contributed by atoms with van der Waals surface area (Å²) in [4.78, 5) is 14.9. The Morgan fingerprint density at radius 1 is 1.09 bits per heavy atom. The fourth-order valence-corrected chi connectivity index (χ4v) is 3.31. The molecule has 0 spiro atoms. The van der Waals surface area contributed by atoms with Crippen LogP contribution in [-0.4, -0.2) is 44.0 Å². The van der Waals surface area contributed by atoms with E-state index in [2.05, 4.69) is 20.4 Å². The molecule has 1 aromatic carbocycles. The molecule has 2 aliphatic rings. The van der Waals surface area contributed by atoms with Crippen LogP contribution in [0.15, 0.2) is 30.3 Å². The summed E-state index contributed by atoms with van der Waals surface area (Å²) in [7, 11) is 0. The molecular weight excluding hydrogens is 290 g/mol. The molecule has 0 unspecified atom stereocenters. The van der Waals surface area contributed by atoms with Crippen molar-refractivity contribution in [3.63, 3.8) is 0 Å². The average molecular weight is 311 g/mol. The number of carbonyl (C=O) groups excluding carboxylic acids is 1. The minimum atomic E-state index is 0.146. The normalized spacial score (nSPS) is 19.8. The molecule has 0 atom stereocenters. The van der Waals surface area contributed by atoms with Crippen molar-refractivity contribution in [1.82, 2.24) is 25.1 Å². The number of carbonyl (C=O) groups is 1. The third kappa shape index (κ3) is 3.17. The maximum absolute atomic E-state index is 12.5. The molecule has 1 aromatic heterocycles. The van der Waals surface area contributed by atoms with Crippen molar-refractivity contribution >= 4 is 5.78 Å². The lowest BCUT2D eigenvalue weighted by atomic mass is 9.89. The summed E-state index contributed by atoms with van der Waals surface area (Å²) in [6, 6.07) is 10.2. The largest absolute Gasteiger partial charge is 0.296 e. The summed E-state index contributed by atoms with van der Waals surface area (Å²) in [6.07, 6.45) is 4.20. The van der Waals surface area contributed by atoms with E-state index in [1.54, 1.807) is 0 Å². The number of benzene rings is 1. The smallest absolute Gasteiger partial charge is 0.166 e. The van der Waals surface area contributed by atoms with Gasteiger partial charge in [0, 0.05) is 11.5 Å². The predicted octanol–water partition coefficient (Wildman–Crippen LogP) is 2.10. The maximum Gasteiger partial charge on any atom is 0.166 e. The molecule has 2 heterocycles. The summed E-state index contributed by atoms with van der Waals surface area (Å²) in [5.74, 6) is 1.39. The number of rotatable bonds is 5.